The van der Waals surface area contributed by atoms with E-state index in [0.717, 1.165) is 6.42 Å². The van der Waals surface area contributed by atoms with Gasteiger partial charge in [0.25, 0.3) is 11.8 Å². The van der Waals surface area contributed by atoms with Crippen molar-refractivity contribution in [1.82, 2.24) is 10.7 Å². The minimum Gasteiger partial charge on any atom is -0.508 e. The lowest BCUT2D eigenvalue weighted by Crippen LogP contribution is -2.34. The maximum absolute atomic E-state index is 12.0. The van der Waals surface area contributed by atoms with Crippen molar-refractivity contribution in [3.8, 4) is 11.5 Å². The summed E-state index contributed by atoms with van der Waals surface area (Å²) < 4.78 is 5.45. The van der Waals surface area contributed by atoms with E-state index >= 15 is 0 Å². The monoisotopic (exact) mass is 355 g/mol. The molecule has 2 rings (SSSR count). The fourth-order valence-electron chi connectivity index (χ4n) is 2.01. The van der Waals surface area contributed by atoms with Crippen LogP contribution >= 0.6 is 0 Å². The van der Waals surface area contributed by atoms with Gasteiger partial charge in [-0.15, -0.1) is 0 Å². The van der Waals surface area contributed by atoms with E-state index in [1.807, 2.05) is 6.92 Å². The quantitative estimate of drug-likeness (QED) is 0.498. The maximum Gasteiger partial charge on any atom is 0.259 e. The first-order valence-corrected chi connectivity index (χ1v) is 8.20. The van der Waals surface area contributed by atoms with Crippen molar-refractivity contribution in [3.63, 3.8) is 0 Å². The highest BCUT2D eigenvalue weighted by Crippen LogP contribution is 2.12. The largest absolute Gasteiger partial charge is 0.508 e. The Balaban J connectivity index is 1.76. The van der Waals surface area contributed by atoms with Gasteiger partial charge in [-0.3, -0.25) is 9.59 Å². The van der Waals surface area contributed by atoms with E-state index in [1.54, 1.807) is 36.4 Å². The van der Waals surface area contributed by atoms with Crippen LogP contribution in [0.3, 0.4) is 0 Å². The molecular formula is C19H21N3O4. The van der Waals surface area contributed by atoms with Gasteiger partial charge in [-0.05, 0) is 48.4 Å². The number of carbonyl (C=O) groups excluding carboxylic acids is 2. The van der Waals surface area contributed by atoms with Crippen LogP contribution in [0, 0.1) is 0 Å². The Morgan fingerprint density at radius 1 is 1.19 bits per heavy atom. The number of hydrogen-bond acceptors (Lipinski definition) is 5. The van der Waals surface area contributed by atoms with Gasteiger partial charge < -0.3 is 15.2 Å². The third kappa shape index (κ3) is 6.27. The van der Waals surface area contributed by atoms with E-state index in [0.29, 0.717) is 23.5 Å². The van der Waals surface area contributed by atoms with Crippen LogP contribution in [0.15, 0.2) is 53.6 Å². The van der Waals surface area contributed by atoms with Gasteiger partial charge in [0, 0.05) is 5.56 Å². The SMILES string of the molecule is CCCOc1ccc(C(=O)NCC(=O)N/N=C/c2cccc(O)c2)cc1. The highest BCUT2D eigenvalue weighted by molar-refractivity contribution is 5.96. The van der Waals surface area contributed by atoms with E-state index in [1.165, 1.54) is 18.3 Å². The number of carbonyl (C=O) groups is 2. The predicted octanol–water partition coefficient (Wildman–Crippen LogP) is 2.06. The molecule has 2 aromatic carbocycles. The van der Waals surface area contributed by atoms with Gasteiger partial charge in [0.15, 0.2) is 0 Å². The first-order chi connectivity index (χ1) is 12.6. The molecule has 0 saturated carbocycles. The van der Waals surface area contributed by atoms with Crippen molar-refractivity contribution < 1.29 is 19.4 Å². The summed E-state index contributed by atoms with van der Waals surface area (Å²) in [5.74, 6) is -0.0158. The smallest absolute Gasteiger partial charge is 0.259 e. The van der Waals surface area contributed by atoms with Crippen LogP contribution in [0.5, 0.6) is 11.5 Å². The molecule has 0 bridgehead atoms. The molecule has 2 amide bonds. The number of nitrogens with one attached hydrogen (secondary N) is 2. The minimum absolute atomic E-state index is 0.110. The third-order valence-electron chi connectivity index (χ3n) is 3.27. The molecule has 0 unspecified atom stereocenters. The Hall–Kier alpha value is -3.35. The van der Waals surface area contributed by atoms with Crippen LogP contribution < -0.4 is 15.5 Å². The van der Waals surface area contributed by atoms with Gasteiger partial charge in [0.2, 0.25) is 0 Å². The van der Waals surface area contributed by atoms with Crippen LogP contribution in [0.4, 0.5) is 0 Å². The van der Waals surface area contributed by atoms with E-state index < -0.39 is 5.91 Å². The van der Waals surface area contributed by atoms with Crippen LogP contribution in [-0.4, -0.2) is 36.3 Å². The molecule has 0 fully saturated rings. The molecule has 0 aliphatic heterocycles. The fraction of sp³-hybridized carbons (Fsp3) is 0.211. The van der Waals surface area contributed by atoms with Crippen molar-refractivity contribution in [3.05, 3.63) is 59.7 Å². The molecular weight excluding hydrogens is 334 g/mol. The number of nitrogens with zero attached hydrogens (tertiary/aromatic N) is 1. The lowest BCUT2D eigenvalue weighted by molar-refractivity contribution is -0.120. The van der Waals surface area contributed by atoms with Gasteiger partial charge in [-0.25, -0.2) is 5.43 Å². The molecule has 7 heteroatoms. The van der Waals surface area contributed by atoms with Crippen LogP contribution in [-0.2, 0) is 4.79 Å². The normalized spacial score (nSPS) is 10.5. The Morgan fingerprint density at radius 3 is 2.65 bits per heavy atom. The van der Waals surface area contributed by atoms with Crippen molar-refractivity contribution in [1.29, 1.82) is 0 Å². The zero-order valence-corrected chi connectivity index (χ0v) is 14.4. The number of amides is 2. The number of phenolic OH excluding ortho intramolecular Hbond substituents is 1. The topological polar surface area (TPSA) is 100 Å². The van der Waals surface area contributed by atoms with Crippen LogP contribution in [0.1, 0.15) is 29.3 Å². The first-order valence-electron chi connectivity index (χ1n) is 8.20. The van der Waals surface area contributed by atoms with Crippen LogP contribution in [0.25, 0.3) is 0 Å². The minimum atomic E-state index is -0.461. The molecule has 26 heavy (non-hydrogen) atoms. The molecule has 0 aromatic heterocycles. The summed E-state index contributed by atoms with van der Waals surface area (Å²) in [5.41, 5.74) is 3.38. The van der Waals surface area contributed by atoms with Crippen molar-refractivity contribution in [2.24, 2.45) is 5.10 Å². The van der Waals surface area contributed by atoms with Gasteiger partial charge in [-0.1, -0.05) is 19.1 Å². The molecule has 0 aliphatic rings. The molecule has 0 spiro atoms. The lowest BCUT2D eigenvalue weighted by Gasteiger charge is -2.07. The maximum atomic E-state index is 12.0. The second kappa shape index (κ2) is 9.83. The van der Waals surface area contributed by atoms with Gasteiger partial charge >= 0.3 is 0 Å². The van der Waals surface area contributed by atoms with Crippen molar-refractivity contribution >= 4 is 18.0 Å². The zero-order valence-electron chi connectivity index (χ0n) is 14.4. The Bertz CT molecular complexity index is 773. The number of hydrogen-bond donors (Lipinski definition) is 3. The number of benzene rings is 2. The molecule has 0 atom stereocenters. The van der Waals surface area contributed by atoms with Gasteiger partial charge in [0.05, 0.1) is 19.4 Å². The molecule has 0 heterocycles. The molecule has 2 aromatic rings. The fourth-order valence-corrected chi connectivity index (χ4v) is 2.01. The predicted molar refractivity (Wildman–Crippen MR) is 98.4 cm³/mol. The summed E-state index contributed by atoms with van der Waals surface area (Å²) in [6, 6.07) is 13.1. The summed E-state index contributed by atoms with van der Waals surface area (Å²) in [4.78, 5) is 23.7. The Kier molecular flexibility index (Phi) is 7.17. The summed E-state index contributed by atoms with van der Waals surface area (Å²) in [6.07, 6.45) is 2.31. The number of hydrazone groups is 1. The molecule has 3 N–H and O–H groups in total. The van der Waals surface area contributed by atoms with Crippen LogP contribution in [0.2, 0.25) is 0 Å². The van der Waals surface area contributed by atoms with E-state index in [9.17, 15) is 14.7 Å². The van der Waals surface area contributed by atoms with E-state index in [-0.39, 0.29) is 18.2 Å². The highest BCUT2D eigenvalue weighted by Gasteiger charge is 2.07. The van der Waals surface area contributed by atoms with Gasteiger partial charge in [-0.2, -0.15) is 5.10 Å². The molecule has 0 radical (unpaired) electrons. The van der Waals surface area contributed by atoms with E-state index in [2.05, 4.69) is 15.8 Å². The molecule has 0 aliphatic carbocycles. The number of aromatic hydroxyl groups is 1. The van der Waals surface area contributed by atoms with Gasteiger partial charge in [0.1, 0.15) is 11.5 Å². The zero-order chi connectivity index (χ0) is 18.8. The lowest BCUT2D eigenvalue weighted by atomic mass is 10.2. The molecule has 7 nitrogen and oxygen atoms in total. The first kappa shape index (κ1) is 19.0. The summed E-state index contributed by atoms with van der Waals surface area (Å²) in [5, 5.41) is 15.6. The average Bonchev–Trinajstić information content (AvgIpc) is 2.65. The number of ether oxygens (including phenoxy) is 1. The summed E-state index contributed by atoms with van der Waals surface area (Å²) in [6.45, 7) is 2.43. The second-order valence-corrected chi connectivity index (χ2v) is 5.44. The average molecular weight is 355 g/mol. The number of rotatable bonds is 8. The van der Waals surface area contributed by atoms with Crippen molar-refractivity contribution in [2.75, 3.05) is 13.2 Å². The standard InChI is InChI=1S/C19H21N3O4/c1-2-10-26-17-8-6-15(7-9-17)19(25)20-13-18(24)22-21-12-14-4-3-5-16(23)11-14/h3-9,11-12,23H,2,10,13H2,1H3,(H,20,25)(H,22,24)/b21-12+. The molecule has 0 saturated heterocycles. The summed E-state index contributed by atoms with van der Waals surface area (Å²) in [7, 11) is 0. The third-order valence-corrected chi connectivity index (χ3v) is 3.27. The summed E-state index contributed by atoms with van der Waals surface area (Å²) >= 11 is 0. The highest BCUT2D eigenvalue weighted by atomic mass is 16.5. The second-order valence-electron chi connectivity index (χ2n) is 5.44. The number of phenols is 1. The molecule has 136 valence electrons. The van der Waals surface area contributed by atoms with Crippen molar-refractivity contribution in [2.45, 2.75) is 13.3 Å². The Labute approximate surface area is 151 Å². The van der Waals surface area contributed by atoms with E-state index in [4.69, 9.17) is 4.74 Å². The Morgan fingerprint density at radius 2 is 1.96 bits per heavy atom.